The van der Waals surface area contributed by atoms with Crippen LogP contribution >= 0.6 is 0 Å². The molecule has 1 aliphatic rings. The summed E-state index contributed by atoms with van der Waals surface area (Å²) < 4.78 is 10.1. The Morgan fingerprint density at radius 1 is 1.78 bits per heavy atom. The number of likely N-dealkylation sites (N-methyl/N-ethyl adjacent to an activating group) is 1. The Kier molecular flexibility index (Phi) is 2.41. The van der Waals surface area contributed by atoms with E-state index in [4.69, 9.17) is 15.3 Å². The average molecular weight is 132 g/mol. The molecule has 4 heteroatoms. The molecule has 1 rings (SSSR count). The number of rotatable bonds is 2. The third-order valence-electron chi connectivity index (χ3n) is 1.18. The zero-order valence-corrected chi connectivity index (χ0v) is 5.54. The molecule has 0 aromatic carbocycles. The highest BCUT2D eigenvalue weighted by atomic mass is 16.7. The van der Waals surface area contributed by atoms with Crippen molar-refractivity contribution in [1.82, 2.24) is 5.01 Å². The van der Waals surface area contributed by atoms with Crippen LogP contribution in [0, 0.1) is 0 Å². The van der Waals surface area contributed by atoms with Crippen molar-refractivity contribution in [2.24, 2.45) is 5.84 Å². The monoisotopic (exact) mass is 132 g/mol. The van der Waals surface area contributed by atoms with Crippen LogP contribution in [0.2, 0.25) is 0 Å². The Balaban J connectivity index is 2.11. The number of nitrogens with two attached hydrogens (primary N) is 1. The van der Waals surface area contributed by atoms with E-state index < -0.39 is 0 Å². The predicted octanol–water partition coefficient (Wildman–Crippen LogP) is -0.835. The fourth-order valence-electron chi connectivity index (χ4n) is 0.799. The van der Waals surface area contributed by atoms with Crippen LogP contribution < -0.4 is 5.84 Å². The molecular weight excluding hydrogens is 120 g/mol. The van der Waals surface area contributed by atoms with E-state index in [1.807, 2.05) is 7.05 Å². The van der Waals surface area contributed by atoms with Crippen molar-refractivity contribution in [3.63, 3.8) is 0 Å². The highest BCUT2D eigenvalue weighted by Gasteiger charge is 2.16. The second kappa shape index (κ2) is 3.12. The van der Waals surface area contributed by atoms with Gasteiger partial charge in [-0.15, -0.1) is 0 Å². The molecule has 0 bridgehead atoms. The Hall–Kier alpha value is -0.160. The fraction of sp³-hybridized carbons (Fsp3) is 1.00. The molecular formula is C5H12N2O2. The van der Waals surface area contributed by atoms with E-state index in [-0.39, 0.29) is 6.10 Å². The number of hydrogen-bond acceptors (Lipinski definition) is 4. The number of hydrogen-bond donors (Lipinski definition) is 1. The first kappa shape index (κ1) is 6.95. The summed E-state index contributed by atoms with van der Waals surface area (Å²) in [5, 5.41) is 1.60. The van der Waals surface area contributed by atoms with Gasteiger partial charge in [0.2, 0.25) is 0 Å². The first-order valence-electron chi connectivity index (χ1n) is 2.94. The molecule has 0 spiro atoms. The first-order valence-corrected chi connectivity index (χ1v) is 2.94. The van der Waals surface area contributed by atoms with Crippen molar-refractivity contribution < 1.29 is 9.47 Å². The summed E-state index contributed by atoms with van der Waals surface area (Å²) in [6, 6.07) is 0. The van der Waals surface area contributed by atoms with Gasteiger partial charge in [0, 0.05) is 13.6 Å². The smallest absolute Gasteiger partial charge is 0.147 e. The lowest BCUT2D eigenvalue weighted by Crippen LogP contribution is -2.35. The van der Waals surface area contributed by atoms with E-state index in [1.54, 1.807) is 5.01 Å². The van der Waals surface area contributed by atoms with Gasteiger partial charge < -0.3 is 9.47 Å². The topological polar surface area (TPSA) is 47.7 Å². The van der Waals surface area contributed by atoms with Gasteiger partial charge in [-0.05, 0) is 0 Å². The Morgan fingerprint density at radius 3 is 3.00 bits per heavy atom. The normalized spacial score (nSPS) is 27.7. The van der Waals surface area contributed by atoms with Crippen LogP contribution in [0.15, 0.2) is 0 Å². The van der Waals surface area contributed by atoms with Gasteiger partial charge in [0.1, 0.15) is 6.79 Å². The van der Waals surface area contributed by atoms with E-state index in [2.05, 4.69) is 0 Å². The summed E-state index contributed by atoms with van der Waals surface area (Å²) >= 11 is 0. The van der Waals surface area contributed by atoms with Crippen LogP contribution in [0.4, 0.5) is 0 Å². The highest BCUT2D eigenvalue weighted by Crippen LogP contribution is 2.01. The Morgan fingerprint density at radius 2 is 2.56 bits per heavy atom. The van der Waals surface area contributed by atoms with E-state index in [1.165, 1.54) is 0 Å². The van der Waals surface area contributed by atoms with Gasteiger partial charge in [-0.1, -0.05) is 0 Å². The molecule has 1 saturated heterocycles. The quantitative estimate of drug-likeness (QED) is 0.393. The molecule has 1 fully saturated rings. The van der Waals surface area contributed by atoms with E-state index in [0.717, 1.165) is 6.54 Å². The molecule has 0 aromatic rings. The minimum absolute atomic E-state index is 0.167. The predicted molar refractivity (Wildman–Crippen MR) is 32.5 cm³/mol. The maximum absolute atomic E-state index is 5.37. The Labute approximate surface area is 54.5 Å². The van der Waals surface area contributed by atoms with E-state index >= 15 is 0 Å². The molecule has 0 amide bonds. The molecule has 1 aliphatic heterocycles. The summed E-state index contributed by atoms with van der Waals surface area (Å²) in [6.07, 6.45) is 0.167. The lowest BCUT2D eigenvalue weighted by molar-refractivity contribution is 0.0377. The van der Waals surface area contributed by atoms with Crippen molar-refractivity contribution in [2.45, 2.75) is 6.10 Å². The van der Waals surface area contributed by atoms with Gasteiger partial charge in [-0.3, -0.25) is 5.84 Å². The molecule has 9 heavy (non-hydrogen) atoms. The standard InChI is InChI=1S/C5H12N2O2/c1-7(6)2-5-3-8-4-9-5/h5H,2-4,6H2,1H3. The van der Waals surface area contributed by atoms with Crippen molar-refractivity contribution in [2.75, 3.05) is 27.0 Å². The van der Waals surface area contributed by atoms with Crippen LogP contribution in [0.5, 0.6) is 0 Å². The van der Waals surface area contributed by atoms with E-state index in [0.29, 0.717) is 13.4 Å². The van der Waals surface area contributed by atoms with Gasteiger partial charge in [0.15, 0.2) is 0 Å². The van der Waals surface area contributed by atoms with Crippen LogP contribution in [0.25, 0.3) is 0 Å². The van der Waals surface area contributed by atoms with Crippen LogP contribution in [-0.2, 0) is 9.47 Å². The first-order chi connectivity index (χ1) is 4.29. The molecule has 0 aromatic heterocycles. The summed E-state index contributed by atoms with van der Waals surface area (Å²) in [5.41, 5.74) is 0. The van der Waals surface area contributed by atoms with Crippen LogP contribution in [-0.4, -0.2) is 38.1 Å². The third kappa shape index (κ3) is 2.28. The number of hydrazine groups is 1. The molecule has 1 atom stereocenters. The molecule has 1 heterocycles. The molecule has 0 saturated carbocycles. The largest absolute Gasteiger partial charge is 0.353 e. The van der Waals surface area contributed by atoms with Crippen molar-refractivity contribution in [1.29, 1.82) is 0 Å². The molecule has 4 nitrogen and oxygen atoms in total. The van der Waals surface area contributed by atoms with Crippen molar-refractivity contribution in [3.8, 4) is 0 Å². The number of ether oxygens (including phenoxy) is 2. The highest BCUT2D eigenvalue weighted by molar-refractivity contribution is 4.61. The van der Waals surface area contributed by atoms with Crippen LogP contribution in [0.3, 0.4) is 0 Å². The van der Waals surface area contributed by atoms with Crippen molar-refractivity contribution >= 4 is 0 Å². The lowest BCUT2D eigenvalue weighted by Gasteiger charge is -2.12. The zero-order valence-electron chi connectivity index (χ0n) is 5.54. The molecule has 2 N–H and O–H groups in total. The minimum Gasteiger partial charge on any atom is -0.353 e. The summed E-state index contributed by atoms with van der Waals surface area (Å²) in [4.78, 5) is 0. The van der Waals surface area contributed by atoms with Crippen LogP contribution in [0.1, 0.15) is 0 Å². The van der Waals surface area contributed by atoms with E-state index in [9.17, 15) is 0 Å². The SMILES string of the molecule is CN(N)CC1COCO1. The summed E-state index contributed by atoms with van der Waals surface area (Å²) in [5.74, 6) is 5.37. The minimum atomic E-state index is 0.167. The third-order valence-corrected chi connectivity index (χ3v) is 1.18. The molecule has 0 radical (unpaired) electrons. The maximum Gasteiger partial charge on any atom is 0.147 e. The second-order valence-electron chi connectivity index (χ2n) is 2.22. The van der Waals surface area contributed by atoms with Gasteiger partial charge in [0.25, 0.3) is 0 Å². The maximum atomic E-state index is 5.37. The van der Waals surface area contributed by atoms with Gasteiger partial charge >= 0.3 is 0 Å². The van der Waals surface area contributed by atoms with Gasteiger partial charge in [-0.25, -0.2) is 5.01 Å². The molecule has 0 aliphatic carbocycles. The Bertz CT molecular complexity index is 81.0. The number of nitrogens with zero attached hydrogens (tertiary/aromatic N) is 1. The second-order valence-corrected chi connectivity index (χ2v) is 2.22. The average Bonchev–Trinajstić information content (AvgIpc) is 2.15. The van der Waals surface area contributed by atoms with Crippen molar-refractivity contribution in [3.05, 3.63) is 0 Å². The summed E-state index contributed by atoms with van der Waals surface area (Å²) in [7, 11) is 1.81. The van der Waals surface area contributed by atoms with Gasteiger partial charge in [0.05, 0.1) is 12.7 Å². The molecule has 54 valence electrons. The van der Waals surface area contributed by atoms with Gasteiger partial charge in [-0.2, -0.15) is 0 Å². The fourth-order valence-corrected chi connectivity index (χ4v) is 0.799. The summed E-state index contributed by atoms with van der Waals surface area (Å²) in [6.45, 7) is 1.82. The lowest BCUT2D eigenvalue weighted by atomic mass is 10.4. The molecule has 1 unspecified atom stereocenters. The zero-order chi connectivity index (χ0) is 6.69.